The third kappa shape index (κ3) is 3.28. The molecule has 1 aliphatic heterocycles. The summed E-state index contributed by atoms with van der Waals surface area (Å²) in [6, 6.07) is 5.15. The first-order valence-corrected chi connectivity index (χ1v) is 7.26. The molecule has 18 heavy (non-hydrogen) atoms. The number of thiol groups is 1. The van der Waals surface area contributed by atoms with Gasteiger partial charge in [0.05, 0.1) is 16.4 Å². The molecule has 0 unspecified atom stereocenters. The van der Waals surface area contributed by atoms with Crippen LogP contribution in [0.5, 0.6) is 0 Å². The highest BCUT2D eigenvalue weighted by Crippen LogP contribution is 2.29. The first-order valence-electron chi connectivity index (χ1n) is 5.70. The van der Waals surface area contributed by atoms with Crippen molar-refractivity contribution in [1.29, 1.82) is 0 Å². The van der Waals surface area contributed by atoms with Gasteiger partial charge in [0.2, 0.25) is 10.9 Å². The van der Waals surface area contributed by atoms with Crippen molar-refractivity contribution in [2.24, 2.45) is 0 Å². The molecule has 1 saturated heterocycles. The van der Waals surface area contributed by atoms with E-state index in [0.717, 1.165) is 31.9 Å². The lowest BCUT2D eigenvalue weighted by molar-refractivity contribution is 0.313. The number of rotatable bonds is 3. The minimum atomic E-state index is -2.64. The minimum absolute atomic E-state index is 0.546. The Morgan fingerprint density at radius 1 is 1.22 bits per heavy atom. The van der Waals surface area contributed by atoms with Crippen LogP contribution in [0.25, 0.3) is 0 Å². The lowest BCUT2D eigenvalue weighted by Crippen LogP contribution is -2.44. The largest absolute Gasteiger partial charge is 0.368 e. The third-order valence-corrected chi connectivity index (χ3v) is 3.77. The highest BCUT2D eigenvalue weighted by atomic mass is 35.5. The molecule has 0 amide bonds. The maximum absolute atomic E-state index is 10.7. The second kappa shape index (κ2) is 5.77. The van der Waals surface area contributed by atoms with Crippen molar-refractivity contribution >= 4 is 33.9 Å². The summed E-state index contributed by atoms with van der Waals surface area (Å²) in [4.78, 5) is 4.42. The Balaban J connectivity index is 2.20. The van der Waals surface area contributed by atoms with Gasteiger partial charge in [-0.05, 0) is 25.2 Å². The predicted octanol–water partition coefficient (Wildman–Crippen LogP) is 1.03. The molecular formula is C11H16ClN3O2S. The minimum Gasteiger partial charge on any atom is -0.368 e. The fourth-order valence-corrected chi connectivity index (χ4v) is 2.56. The van der Waals surface area contributed by atoms with E-state index in [0.29, 0.717) is 10.7 Å². The number of nitrogens with one attached hydrogen (secondary N) is 1. The van der Waals surface area contributed by atoms with Gasteiger partial charge in [0.25, 0.3) is 0 Å². The van der Waals surface area contributed by atoms with Crippen LogP contribution in [0, 0.1) is 0 Å². The maximum Gasteiger partial charge on any atom is 0.222 e. The van der Waals surface area contributed by atoms with Crippen molar-refractivity contribution in [3.05, 3.63) is 23.2 Å². The van der Waals surface area contributed by atoms with Gasteiger partial charge in [-0.25, -0.2) is 8.42 Å². The van der Waals surface area contributed by atoms with Crippen molar-refractivity contribution in [1.82, 2.24) is 4.90 Å². The number of halogens is 1. The van der Waals surface area contributed by atoms with Crippen molar-refractivity contribution in [2.45, 2.75) is 0 Å². The molecule has 7 heteroatoms. The average molecular weight is 290 g/mol. The van der Waals surface area contributed by atoms with Crippen molar-refractivity contribution < 1.29 is 8.42 Å². The number of piperazine rings is 1. The molecule has 1 aromatic rings. The molecule has 0 atom stereocenters. The molecule has 0 radical (unpaired) electrons. The van der Waals surface area contributed by atoms with Crippen molar-refractivity contribution in [3.63, 3.8) is 0 Å². The monoisotopic (exact) mass is 289 g/mol. The molecule has 1 fully saturated rings. The van der Waals surface area contributed by atoms with Crippen molar-refractivity contribution in [3.8, 4) is 0 Å². The van der Waals surface area contributed by atoms with Gasteiger partial charge < -0.3 is 9.80 Å². The lowest BCUT2D eigenvalue weighted by atomic mass is 10.2. The van der Waals surface area contributed by atoms with E-state index in [-0.39, 0.29) is 0 Å². The first kappa shape index (κ1) is 13.5. The van der Waals surface area contributed by atoms with E-state index < -0.39 is 10.9 Å². The van der Waals surface area contributed by atoms with E-state index in [2.05, 4.69) is 21.6 Å². The standard InChI is InChI=1S/C11H16ClN3O2S/c1-14-4-6-15(7-5-14)11-8-9(13-18(16)17)2-3-10(11)12/h2-3,8,18H,4-7H2,1H3,(H,13,16,17). The lowest BCUT2D eigenvalue weighted by Gasteiger charge is -2.34. The summed E-state index contributed by atoms with van der Waals surface area (Å²) in [5.74, 6) is 0. The number of hydrogen-bond acceptors (Lipinski definition) is 4. The Bertz CT molecular complexity index is 491. The number of benzene rings is 1. The van der Waals surface area contributed by atoms with Gasteiger partial charge in [-0.3, -0.25) is 4.72 Å². The SMILES string of the molecule is CN1CCN(c2cc(N[SH](=O)=O)ccc2Cl)CC1. The fraction of sp³-hybridized carbons (Fsp3) is 0.455. The van der Waals surface area contributed by atoms with Gasteiger partial charge in [0.1, 0.15) is 0 Å². The Labute approximate surface area is 113 Å². The summed E-state index contributed by atoms with van der Waals surface area (Å²) in [6.45, 7) is 3.74. The molecule has 0 aromatic heterocycles. The molecule has 2 rings (SSSR count). The maximum atomic E-state index is 10.7. The summed E-state index contributed by atoms with van der Waals surface area (Å²) in [7, 11) is -0.561. The predicted molar refractivity (Wildman–Crippen MR) is 75.1 cm³/mol. The summed E-state index contributed by atoms with van der Waals surface area (Å²) in [6.07, 6.45) is 0. The zero-order valence-electron chi connectivity index (χ0n) is 10.1. The summed E-state index contributed by atoms with van der Waals surface area (Å²) >= 11 is 6.17. The molecule has 100 valence electrons. The van der Waals surface area contributed by atoms with Crippen LogP contribution >= 0.6 is 11.6 Å². The quantitative estimate of drug-likeness (QED) is 0.816. The third-order valence-electron chi connectivity index (χ3n) is 3.01. The Morgan fingerprint density at radius 2 is 1.89 bits per heavy atom. The Morgan fingerprint density at radius 3 is 2.50 bits per heavy atom. The van der Waals surface area contributed by atoms with Crippen LogP contribution in [0.1, 0.15) is 0 Å². The molecule has 5 nitrogen and oxygen atoms in total. The molecular weight excluding hydrogens is 274 g/mol. The number of anilines is 2. The summed E-state index contributed by atoms with van der Waals surface area (Å²) in [5.41, 5.74) is 1.43. The van der Waals surface area contributed by atoms with Crippen molar-refractivity contribution in [2.75, 3.05) is 42.8 Å². The highest BCUT2D eigenvalue weighted by molar-refractivity contribution is 7.73. The Hall–Kier alpha value is -0.980. The molecule has 1 aliphatic rings. The van der Waals surface area contributed by atoms with E-state index in [1.54, 1.807) is 18.2 Å². The topological polar surface area (TPSA) is 52.6 Å². The van der Waals surface area contributed by atoms with Gasteiger partial charge in [0.15, 0.2) is 0 Å². The van der Waals surface area contributed by atoms with Gasteiger partial charge in [0, 0.05) is 26.2 Å². The van der Waals surface area contributed by atoms with Crippen LogP contribution in [-0.4, -0.2) is 46.5 Å². The Kier molecular flexibility index (Phi) is 4.31. The van der Waals surface area contributed by atoms with Crippen LogP contribution in [0.3, 0.4) is 0 Å². The second-order valence-corrected chi connectivity index (χ2v) is 5.47. The molecule has 0 aliphatic carbocycles. The molecule has 0 bridgehead atoms. The molecule has 1 N–H and O–H groups in total. The van der Waals surface area contributed by atoms with Crippen LogP contribution in [0.2, 0.25) is 5.02 Å². The number of nitrogens with zero attached hydrogens (tertiary/aromatic N) is 2. The molecule has 1 aromatic carbocycles. The number of likely N-dealkylation sites (N-methyl/N-ethyl adjacent to an activating group) is 1. The van der Waals surface area contributed by atoms with Gasteiger partial charge >= 0.3 is 0 Å². The molecule has 0 spiro atoms. The molecule has 0 saturated carbocycles. The van der Waals surface area contributed by atoms with Crippen LogP contribution in [0.15, 0.2) is 18.2 Å². The van der Waals surface area contributed by atoms with E-state index >= 15 is 0 Å². The van der Waals surface area contributed by atoms with E-state index in [1.807, 2.05) is 0 Å². The average Bonchev–Trinajstić information content (AvgIpc) is 2.32. The van der Waals surface area contributed by atoms with Crippen LogP contribution in [-0.2, 0) is 10.9 Å². The van der Waals surface area contributed by atoms with E-state index in [9.17, 15) is 8.42 Å². The van der Waals surface area contributed by atoms with E-state index in [1.165, 1.54) is 0 Å². The van der Waals surface area contributed by atoms with Gasteiger partial charge in [-0.1, -0.05) is 11.6 Å². The summed E-state index contributed by atoms with van der Waals surface area (Å²) < 4.78 is 23.7. The highest BCUT2D eigenvalue weighted by Gasteiger charge is 2.16. The zero-order chi connectivity index (χ0) is 13.1. The normalized spacial score (nSPS) is 17.2. The zero-order valence-corrected chi connectivity index (χ0v) is 11.7. The molecule has 1 heterocycles. The van der Waals surface area contributed by atoms with Crippen LogP contribution in [0.4, 0.5) is 11.4 Å². The van der Waals surface area contributed by atoms with Gasteiger partial charge in [-0.2, -0.15) is 0 Å². The van der Waals surface area contributed by atoms with Crippen LogP contribution < -0.4 is 9.62 Å². The fourth-order valence-electron chi connectivity index (χ4n) is 1.98. The van der Waals surface area contributed by atoms with Gasteiger partial charge in [-0.15, -0.1) is 0 Å². The second-order valence-electron chi connectivity index (χ2n) is 4.33. The van der Waals surface area contributed by atoms with E-state index in [4.69, 9.17) is 11.6 Å². The summed E-state index contributed by atoms with van der Waals surface area (Å²) in [5, 5.41) is 0.645. The smallest absolute Gasteiger partial charge is 0.222 e. The first-order chi connectivity index (χ1) is 8.56. The number of hydrogen-bond donors (Lipinski definition) is 2.